The van der Waals surface area contributed by atoms with Crippen molar-refractivity contribution >= 4 is 17.7 Å². The van der Waals surface area contributed by atoms with Gasteiger partial charge in [-0.05, 0) is 24.6 Å². The summed E-state index contributed by atoms with van der Waals surface area (Å²) >= 11 is 1.79. The first-order chi connectivity index (χ1) is 11.2. The van der Waals surface area contributed by atoms with Crippen molar-refractivity contribution < 1.29 is 14.3 Å². The van der Waals surface area contributed by atoms with Gasteiger partial charge in [-0.15, -0.1) is 11.8 Å². The molecule has 1 aliphatic heterocycles. The van der Waals surface area contributed by atoms with Crippen LogP contribution in [0.15, 0.2) is 18.2 Å². The van der Waals surface area contributed by atoms with Gasteiger partial charge in [-0.3, -0.25) is 4.79 Å². The van der Waals surface area contributed by atoms with E-state index in [1.807, 2.05) is 23.1 Å². The Morgan fingerprint density at radius 1 is 1.26 bits per heavy atom. The fourth-order valence-electron chi connectivity index (χ4n) is 2.86. The zero-order valence-corrected chi connectivity index (χ0v) is 15.2. The number of amides is 1. The van der Waals surface area contributed by atoms with Gasteiger partial charge in [-0.2, -0.15) is 0 Å². The number of hydrogen-bond acceptors (Lipinski definition) is 4. The predicted octanol–water partition coefficient (Wildman–Crippen LogP) is 4.25. The molecule has 1 atom stereocenters. The Morgan fingerprint density at radius 2 is 2.09 bits per heavy atom. The predicted molar refractivity (Wildman–Crippen MR) is 95.2 cm³/mol. The maximum Gasteiger partial charge on any atom is 0.223 e. The third kappa shape index (κ3) is 4.56. The number of ether oxygens (including phenoxy) is 2. The highest BCUT2D eigenvalue weighted by atomic mass is 32.2. The van der Waals surface area contributed by atoms with Crippen molar-refractivity contribution in [3.05, 3.63) is 23.8 Å². The number of carbonyl (C=O) groups is 1. The first kappa shape index (κ1) is 18.0. The third-order valence-corrected chi connectivity index (χ3v) is 5.40. The molecule has 1 amide bonds. The van der Waals surface area contributed by atoms with Crippen molar-refractivity contribution in [2.75, 3.05) is 26.5 Å². The molecule has 1 heterocycles. The van der Waals surface area contributed by atoms with Crippen LogP contribution in [0.1, 0.15) is 50.0 Å². The lowest BCUT2D eigenvalue weighted by Gasteiger charge is -2.26. The fourth-order valence-corrected chi connectivity index (χ4v) is 4.15. The van der Waals surface area contributed by atoms with Gasteiger partial charge in [0.05, 0.1) is 14.2 Å². The molecule has 0 spiro atoms. The minimum Gasteiger partial charge on any atom is -0.497 e. The molecule has 4 nitrogen and oxygen atoms in total. The molecule has 1 aromatic rings. The van der Waals surface area contributed by atoms with Crippen LogP contribution in [-0.2, 0) is 4.79 Å². The van der Waals surface area contributed by atoms with E-state index in [1.165, 1.54) is 12.8 Å². The van der Waals surface area contributed by atoms with Crippen LogP contribution in [0.3, 0.4) is 0 Å². The lowest BCUT2D eigenvalue weighted by atomic mass is 10.1. The highest BCUT2D eigenvalue weighted by Gasteiger charge is 2.32. The fraction of sp³-hybridized carbons (Fsp3) is 0.611. The van der Waals surface area contributed by atoms with Crippen molar-refractivity contribution in [3.8, 4) is 11.5 Å². The van der Waals surface area contributed by atoms with E-state index in [0.717, 1.165) is 42.2 Å². The van der Waals surface area contributed by atoms with Crippen LogP contribution in [0.2, 0.25) is 0 Å². The standard InChI is InChI=1S/C18H27NO3S/c1-4-5-6-7-8-17(20)19-11-12-23-18(19)15-13-14(21-2)9-10-16(15)22-3/h9-10,13,18H,4-8,11-12H2,1-3H3/t18-/m1/s1. The van der Waals surface area contributed by atoms with E-state index in [1.54, 1.807) is 26.0 Å². The van der Waals surface area contributed by atoms with Gasteiger partial charge >= 0.3 is 0 Å². The van der Waals surface area contributed by atoms with Gasteiger partial charge in [0.2, 0.25) is 5.91 Å². The third-order valence-electron chi connectivity index (χ3n) is 4.16. The Balaban J connectivity index is 2.10. The maximum absolute atomic E-state index is 12.6. The highest BCUT2D eigenvalue weighted by molar-refractivity contribution is 7.99. The first-order valence-electron chi connectivity index (χ1n) is 8.34. The average molecular weight is 337 g/mol. The van der Waals surface area contributed by atoms with Crippen LogP contribution in [0.5, 0.6) is 11.5 Å². The summed E-state index contributed by atoms with van der Waals surface area (Å²) in [6.45, 7) is 2.99. The molecule has 1 aromatic carbocycles. The van der Waals surface area contributed by atoms with Gasteiger partial charge < -0.3 is 14.4 Å². The summed E-state index contributed by atoms with van der Waals surface area (Å²) in [6.07, 6.45) is 5.15. The quantitative estimate of drug-likeness (QED) is 0.665. The number of benzene rings is 1. The Bertz CT molecular complexity index is 521. The molecule has 1 fully saturated rings. The van der Waals surface area contributed by atoms with Crippen LogP contribution < -0.4 is 9.47 Å². The summed E-state index contributed by atoms with van der Waals surface area (Å²) in [6, 6.07) is 5.79. The van der Waals surface area contributed by atoms with Crippen LogP contribution in [0.4, 0.5) is 0 Å². The van der Waals surface area contributed by atoms with E-state index in [2.05, 4.69) is 6.92 Å². The molecular weight excluding hydrogens is 310 g/mol. The normalized spacial score (nSPS) is 17.3. The molecule has 23 heavy (non-hydrogen) atoms. The largest absolute Gasteiger partial charge is 0.497 e. The second kappa shape index (κ2) is 9.06. The lowest BCUT2D eigenvalue weighted by Crippen LogP contribution is -2.30. The van der Waals surface area contributed by atoms with Crippen molar-refractivity contribution in [2.45, 2.75) is 44.4 Å². The van der Waals surface area contributed by atoms with E-state index in [0.29, 0.717) is 6.42 Å². The zero-order valence-electron chi connectivity index (χ0n) is 14.3. The van der Waals surface area contributed by atoms with E-state index in [4.69, 9.17) is 9.47 Å². The molecule has 0 N–H and O–H groups in total. The number of rotatable bonds is 8. The number of carbonyl (C=O) groups excluding carboxylic acids is 1. The SMILES string of the molecule is CCCCCCC(=O)N1CCS[C@@H]1c1cc(OC)ccc1OC. The lowest BCUT2D eigenvalue weighted by molar-refractivity contribution is -0.131. The average Bonchev–Trinajstić information content (AvgIpc) is 3.07. The highest BCUT2D eigenvalue weighted by Crippen LogP contribution is 2.43. The molecular formula is C18H27NO3S. The molecule has 5 heteroatoms. The second-order valence-electron chi connectivity index (χ2n) is 5.73. The molecule has 0 aromatic heterocycles. The Morgan fingerprint density at radius 3 is 2.78 bits per heavy atom. The smallest absolute Gasteiger partial charge is 0.223 e. The number of unbranched alkanes of at least 4 members (excludes halogenated alkanes) is 3. The Hall–Kier alpha value is -1.36. The van der Waals surface area contributed by atoms with Crippen molar-refractivity contribution in [2.24, 2.45) is 0 Å². The molecule has 0 radical (unpaired) electrons. The second-order valence-corrected chi connectivity index (χ2v) is 6.92. The summed E-state index contributed by atoms with van der Waals surface area (Å²) < 4.78 is 10.8. The van der Waals surface area contributed by atoms with E-state index in [-0.39, 0.29) is 11.3 Å². The Kier molecular flexibility index (Phi) is 7.09. The van der Waals surface area contributed by atoms with Gasteiger partial charge in [-0.25, -0.2) is 0 Å². The number of nitrogens with zero attached hydrogens (tertiary/aromatic N) is 1. The monoisotopic (exact) mass is 337 g/mol. The molecule has 1 aliphatic rings. The van der Waals surface area contributed by atoms with Crippen molar-refractivity contribution in [3.63, 3.8) is 0 Å². The number of methoxy groups -OCH3 is 2. The summed E-state index contributed by atoms with van der Waals surface area (Å²) in [5.41, 5.74) is 1.02. The molecule has 2 rings (SSSR count). The minimum atomic E-state index is 0.0266. The summed E-state index contributed by atoms with van der Waals surface area (Å²) in [5.74, 6) is 2.82. The van der Waals surface area contributed by atoms with Crippen LogP contribution >= 0.6 is 11.8 Å². The number of hydrogen-bond donors (Lipinski definition) is 0. The molecule has 128 valence electrons. The molecule has 0 aliphatic carbocycles. The van der Waals surface area contributed by atoms with Gasteiger partial charge in [0.25, 0.3) is 0 Å². The molecule has 0 unspecified atom stereocenters. The first-order valence-corrected chi connectivity index (χ1v) is 9.39. The van der Waals surface area contributed by atoms with Gasteiger partial charge in [-0.1, -0.05) is 26.2 Å². The van der Waals surface area contributed by atoms with Crippen LogP contribution in [-0.4, -0.2) is 37.3 Å². The van der Waals surface area contributed by atoms with Crippen LogP contribution in [0.25, 0.3) is 0 Å². The van der Waals surface area contributed by atoms with Crippen molar-refractivity contribution in [1.82, 2.24) is 4.90 Å². The van der Waals surface area contributed by atoms with Crippen molar-refractivity contribution in [1.29, 1.82) is 0 Å². The van der Waals surface area contributed by atoms with Gasteiger partial charge in [0.15, 0.2) is 0 Å². The number of thioether (sulfide) groups is 1. The van der Waals surface area contributed by atoms with Gasteiger partial charge in [0.1, 0.15) is 16.9 Å². The molecule has 0 saturated carbocycles. The van der Waals surface area contributed by atoms with E-state index < -0.39 is 0 Å². The van der Waals surface area contributed by atoms with E-state index in [9.17, 15) is 4.79 Å². The van der Waals surface area contributed by atoms with Gasteiger partial charge in [0, 0.05) is 24.3 Å². The maximum atomic E-state index is 12.6. The van der Waals surface area contributed by atoms with Crippen LogP contribution in [0, 0.1) is 0 Å². The molecule has 1 saturated heterocycles. The summed E-state index contributed by atoms with van der Waals surface area (Å²) in [4.78, 5) is 14.6. The minimum absolute atomic E-state index is 0.0266. The zero-order chi connectivity index (χ0) is 16.7. The Labute approximate surface area is 143 Å². The molecule has 0 bridgehead atoms. The summed E-state index contributed by atoms with van der Waals surface area (Å²) in [7, 11) is 3.33. The van der Waals surface area contributed by atoms with E-state index >= 15 is 0 Å². The topological polar surface area (TPSA) is 38.8 Å². The summed E-state index contributed by atoms with van der Waals surface area (Å²) in [5, 5.41) is 0.0266.